The molecule has 1 atom stereocenters. The fraction of sp³-hybridized carbons (Fsp3) is 0.636. The van der Waals surface area contributed by atoms with Gasteiger partial charge in [-0.3, -0.25) is 4.79 Å². The van der Waals surface area contributed by atoms with Crippen LogP contribution < -0.4 is 0 Å². The molecule has 1 rings (SSSR count). The van der Waals surface area contributed by atoms with E-state index in [1.165, 1.54) is 11.0 Å². The largest absolute Gasteiger partial charge is 0.480 e. The molecule has 0 unspecified atom stereocenters. The molecule has 1 aliphatic heterocycles. The summed E-state index contributed by atoms with van der Waals surface area (Å²) in [5, 5.41) is 8.92. The summed E-state index contributed by atoms with van der Waals surface area (Å²) >= 11 is 0. The molecule has 0 bridgehead atoms. The molecule has 90 valence electrons. The molecule has 0 aromatic carbocycles. The summed E-state index contributed by atoms with van der Waals surface area (Å²) in [5.41, 5.74) is 0. The van der Waals surface area contributed by atoms with E-state index in [9.17, 15) is 9.59 Å². The van der Waals surface area contributed by atoms with Gasteiger partial charge >= 0.3 is 5.97 Å². The van der Waals surface area contributed by atoms with Crippen LogP contribution in [0.5, 0.6) is 0 Å². The van der Waals surface area contributed by atoms with Crippen LogP contribution >= 0.6 is 0 Å². The Bertz CT molecular complexity index is 300. The molecule has 0 aliphatic carbocycles. The molecule has 0 aromatic heterocycles. The second-order valence-corrected chi connectivity index (χ2v) is 4.19. The highest BCUT2D eigenvalue weighted by Gasteiger charge is 2.32. The molecule has 0 radical (unpaired) electrons. The van der Waals surface area contributed by atoms with Gasteiger partial charge in [-0.05, 0) is 26.9 Å². The van der Waals surface area contributed by atoms with Crippen molar-refractivity contribution in [1.29, 1.82) is 0 Å². The Morgan fingerprint density at radius 3 is 2.75 bits per heavy atom. The number of likely N-dealkylation sites (tertiary alicyclic amines) is 1. The Kier molecular flexibility index (Phi) is 4.49. The second kappa shape index (κ2) is 5.65. The van der Waals surface area contributed by atoms with Crippen LogP contribution in [0.1, 0.15) is 12.8 Å². The first-order valence-electron chi connectivity index (χ1n) is 5.37. The SMILES string of the molecule is CN(C)CC=CC(=O)N1CCC[C@H]1C(=O)O. The molecule has 0 saturated carbocycles. The Hall–Kier alpha value is -1.36. The van der Waals surface area contributed by atoms with Crippen molar-refractivity contribution < 1.29 is 14.7 Å². The zero-order valence-corrected chi connectivity index (χ0v) is 9.72. The van der Waals surface area contributed by atoms with Crippen molar-refractivity contribution in [2.24, 2.45) is 0 Å². The van der Waals surface area contributed by atoms with E-state index in [2.05, 4.69) is 0 Å². The van der Waals surface area contributed by atoms with Gasteiger partial charge in [-0.15, -0.1) is 0 Å². The number of likely N-dealkylation sites (N-methyl/N-ethyl adjacent to an activating group) is 1. The minimum Gasteiger partial charge on any atom is -0.480 e. The number of carbonyl (C=O) groups is 2. The van der Waals surface area contributed by atoms with Gasteiger partial charge in [0.2, 0.25) is 5.91 Å². The Balaban J connectivity index is 2.53. The molecule has 0 aromatic rings. The predicted octanol–water partition coefficient (Wildman–Crippen LogP) is 0.180. The van der Waals surface area contributed by atoms with E-state index in [0.717, 1.165) is 6.42 Å². The average Bonchev–Trinajstić information content (AvgIpc) is 2.65. The summed E-state index contributed by atoms with van der Waals surface area (Å²) in [6, 6.07) is -0.642. The Morgan fingerprint density at radius 1 is 1.50 bits per heavy atom. The van der Waals surface area contributed by atoms with E-state index in [0.29, 0.717) is 19.5 Å². The normalized spacial score (nSPS) is 20.9. The summed E-state index contributed by atoms with van der Waals surface area (Å²) in [6.45, 7) is 1.22. The van der Waals surface area contributed by atoms with Gasteiger partial charge < -0.3 is 14.9 Å². The van der Waals surface area contributed by atoms with Gasteiger partial charge in [0.1, 0.15) is 6.04 Å². The van der Waals surface area contributed by atoms with Crippen molar-refractivity contribution in [2.75, 3.05) is 27.2 Å². The van der Waals surface area contributed by atoms with Gasteiger partial charge in [-0.1, -0.05) is 6.08 Å². The maximum Gasteiger partial charge on any atom is 0.326 e. The number of nitrogens with zero attached hydrogens (tertiary/aromatic N) is 2. The van der Waals surface area contributed by atoms with Crippen LogP contribution in [-0.2, 0) is 9.59 Å². The van der Waals surface area contributed by atoms with Crippen molar-refractivity contribution in [3.63, 3.8) is 0 Å². The number of aliphatic carboxylic acids is 1. The van der Waals surface area contributed by atoms with Crippen LogP contribution in [0, 0.1) is 0 Å². The first kappa shape index (κ1) is 12.7. The van der Waals surface area contributed by atoms with E-state index in [-0.39, 0.29) is 5.91 Å². The Morgan fingerprint density at radius 2 is 2.19 bits per heavy atom. The number of carboxylic acid groups (broad SMARTS) is 1. The molecule has 1 saturated heterocycles. The van der Waals surface area contributed by atoms with E-state index in [1.54, 1.807) is 6.08 Å². The smallest absolute Gasteiger partial charge is 0.326 e. The molecular formula is C11H18N2O3. The number of amides is 1. The molecule has 5 nitrogen and oxygen atoms in total. The highest BCUT2D eigenvalue weighted by Crippen LogP contribution is 2.17. The number of hydrogen-bond acceptors (Lipinski definition) is 3. The molecule has 1 fully saturated rings. The third-order valence-electron chi connectivity index (χ3n) is 2.55. The quantitative estimate of drug-likeness (QED) is 0.695. The lowest BCUT2D eigenvalue weighted by molar-refractivity contribution is -0.146. The molecule has 16 heavy (non-hydrogen) atoms. The maximum absolute atomic E-state index is 11.7. The van der Waals surface area contributed by atoms with Gasteiger partial charge in [0.25, 0.3) is 0 Å². The fourth-order valence-corrected chi connectivity index (χ4v) is 1.75. The van der Waals surface area contributed by atoms with Crippen LogP contribution in [0.2, 0.25) is 0 Å². The molecule has 5 heteroatoms. The lowest BCUT2D eigenvalue weighted by Gasteiger charge is -2.19. The molecule has 1 heterocycles. The zero-order chi connectivity index (χ0) is 12.1. The molecule has 1 amide bonds. The van der Waals surface area contributed by atoms with Crippen LogP contribution in [0.3, 0.4) is 0 Å². The number of rotatable bonds is 4. The molecule has 1 aliphatic rings. The summed E-state index contributed by atoms with van der Waals surface area (Å²) in [6.07, 6.45) is 4.54. The number of carbonyl (C=O) groups excluding carboxylic acids is 1. The van der Waals surface area contributed by atoms with Crippen LogP contribution in [0.4, 0.5) is 0 Å². The summed E-state index contributed by atoms with van der Waals surface area (Å²) in [7, 11) is 3.81. The van der Waals surface area contributed by atoms with Crippen molar-refractivity contribution in [3.05, 3.63) is 12.2 Å². The van der Waals surface area contributed by atoms with Gasteiger partial charge in [0.05, 0.1) is 0 Å². The topological polar surface area (TPSA) is 60.9 Å². The van der Waals surface area contributed by atoms with E-state index in [4.69, 9.17) is 5.11 Å². The van der Waals surface area contributed by atoms with Gasteiger partial charge in [0, 0.05) is 19.2 Å². The van der Waals surface area contributed by atoms with Crippen molar-refractivity contribution in [1.82, 2.24) is 9.80 Å². The van der Waals surface area contributed by atoms with Crippen LogP contribution in [0.15, 0.2) is 12.2 Å². The number of carboxylic acids is 1. The van der Waals surface area contributed by atoms with E-state index >= 15 is 0 Å². The Labute approximate surface area is 95.3 Å². The standard InChI is InChI=1S/C11H18N2O3/c1-12(2)7-4-6-10(14)13-8-3-5-9(13)11(15)16/h4,6,9H,3,5,7-8H2,1-2H3,(H,15,16)/t9-/m0/s1. The third kappa shape index (κ3) is 3.34. The fourth-order valence-electron chi connectivity index (χ4n) is 1.75. The number of hydrogen-bond donors (Lipinski definition) is 1. The summed E-state index contributed by atoms with van der Waals surface area (Å²) in [5.74, 6) is -1.11. The zero-order valence-electron chi connectivity index (χ0n) is 9.72. The predicted molar refractivity (Wildman–Crippen MR) is 60.1 cm³/mol. The monoisotopic (exact) mass is 226 g/mol. The summed E-state index contributed by atoms with van der Waals surface area (Å²) < 4.78 is 0. The highest BCUT2D eigenvalue weighted by atomic mass is 16.4. The third-order valence-corrected chi connectivity index (χ3v) is 2.55. The molecule has 0 spiro atoms. The van der Waals surface area contributed by atoms with E-state index < -0.39 is 12.0 Å². The van der Waals surface area contributed by atoms with Gasteiger partial charge in [0.15, 0.2) is 0 Å². The highest BCUT2D eigenvalue weighted by molar-refractivity contribution is 5.91. The van der Waals surface area contributed by atoms with E-state index in [1.807, 2.05) is 19.0 Å². The van der Waals surface area contributed by atoms with Gasteiger partial charge in [-0.25, -0.2) is 4.79 Å². The first-order chi connectivity index (χ1) is 7.52. The minimum absolute atomic E-state index is 0.202. The van der Waals surface area contributed by atoms with Crippen LogP contribution in [-0.4, -0.2) is 60.0 Å². The van der Waals surface area contributed by atoms with Crippen LogP contribution in [0.25, 0.3) is 0 Å². The first-order valence-corrected chi connectivity index (χ1v) is 5.37. The lowest BCUT2D eigenvalue weighted by atomic mass is 10.2. The summed E-state index contributed by atoms with van der Waals surface area (Å²) in [4.78, 5) is 25.9. The molecular weight excluding hydrogens is 208 g/mol. The molecule has 1 N–H and O–H groups in total. The minimum atomic E-state index is -0.910. The van der Waals surface area contributed by atoms with Gasteiger partial charge in [-0.2, -0.15) is 0 Å². The average molecular weight is 226 g/mol. The lowest BCUT2D eigenvalue weighted by Crippen LogP contribution is -2.39. The van der Waals surface area contributed by atoms with Crippen molar-refractivity contribution in [3.8, 4) is 0 Å². The van der Waals surface area contributed by atoms with Crippen molar-refractivity contribution in [2.45, 2.75) is 18.9 Å². The van der Waals surface area contributed by atoms with Crippen molar-refractivity contribution >= 4 is 11.9 Å². The maximum atomic E-state index is 11.7. The second-order valence-electron chi connectivity index (χ2n) is 4.19.